The first-order chi connectivity index (χ1) is 11.7. The van der Waals surface area contributed by atoms with Gasteiger partial charge in [-0.25, -0.2) is 0 Å². The number of hydrogen-bond donors (Lipinski definition) is 1. The van der Waals surface area contributed by atoms with E-state index in [1.54, 1.807) is 7.11 Å². The predicted molar refractivity (Wildman–Crippen MR) is 114 cm³/mol. The van der Waals surface area contributed by atoms with Gasteiger partial charge in [-0.3, -0.25) is 4.99 Å². The summed E-state index contributed by atoms with van der Waals surface area (Å²) in [5.74, 6) is 2.80. The fourth-order valence-corrected chi connectivity index (χ4v) is 3.07. The molecule has 1 fully saturated rings. The monoisotopic (exact) mass is 461 g/mol. The van der Waals surface area contributed by atoms with E-state index < -0.39 is 0 Å². The molecule has 0 spiro atoms. The minimum Gasteiger partial charge on any atom is -0.496 e. The van der Waals surface area contributed by atoms with Crippen LogP contribution in [0.25, 0.3) is 0 Å². The molecule has 1 aromatic carbocycles. The number of para-hydroxylation sites is 1. The quantitative estimate of drug-likeness (QED) is 0.385. The number of guanidine groups is 1. The molecule has 0 aromatic heterocycles. The highest BCUT2D eigenvalue weighted by Gasteiger charge is 2.19. The third-order valence-electron chi connectivity index (χ3n) is 4.44. The van der Waals surface area contributed by atoms with E-state index in [0.717, 1.165) is 51.0 Å². The summed E-state index contributed by atoms with van der Waals surface area (Å²) < 4.78 is 10.9. The molecule has 0 saturated carbocycles. The normalized spacial score (nSPS) is 18.4. The molecule has 0 aliphatic carbocycles. The van der Waals surface area contributed by atoms with Crippen molar-refractivity contribution in [3.63, 3.8) is 0 Å². The minimum absolute atomic E-state index is 0. The lowest BCUT2D eigenvalue weighted by Crippen LogP contribution is -2.41. The van der Waals surface area contributed by atoms with E-state index in [4.69, 9.17) is 14.5 Å². The highest BCUT2D eigenvalue weighted by Crippen LogP contribution is 2.26. The summed E-state index contributed by atoms with van der Waals surface area (Å²) in [6.07, 6.45) is 1.14. The van der Waals surface area contributed by atoms with Crippen molar-refractivity contribution in [2.75, 3.05) is 47.0 Å². The molecule has 25 heavy (non-hydrogen) atoms. The van der Waals surface area contributed by atoms with Crippen molar-refractivity contribution in [3.05, 3.63) is 29.8 Å². The number of halogens is 1. The molecule has 6 heteroatoms. The van der Waals surface area contributed by atoms with Gasteiger partial charge >= 0.3 is 0 Å². The molecule has 5 nitrogen and oxygen atoms in total. The summed E-state index contributed by atoms with van der Waals surface area (Å²) in [7, 11) is 3.82. The van der Waals surface area contributed by atoms with Crippen molar-refractivity contribution < 1.29 is 9.47 Å². The van der Waals surface area contributed by atoms with E-state index in [-0.39, 0.29) is 24.0 Å². The van der Waals surface area contributed by atoms with Crippen LogP contribution in [0, 0.1) is 5.92 Å². The number of aliphatic imine (C=N–C) groups is 1. The van der Waals surface area contributed by atoms with E-state index in [0.29, 0.717) is 11.8 Å². The summed E-state index contributed by atoms with van der Waals surface area (Å²) in [6, 6.07) is 8.17. The van der Waals surface area contributed by atoms with Crippen LogP contribution in [0.4, 0.5) is 0 Å². The Labute approximate surface area is 169 Å². The second kappa shape index (κ2) is 11.6. The highest BCUT2D eigenvalue weighted by molar-refractivity contribution is 14.0. The van der Waals surface area contributed by atoms with Crippen LogP contribution in [-0.2, 0) is 4.74 Å². The summed E-state index contributed by atoms with van der Waals surface area (Å²) in [5.41, 5.74) is 1.20. The largest absolute Gasteiger partial charge is 0.496 e. The van der Waals surface area contributed by atoms with Crippen molar-refractivity contribution in [2.24, 2.45) is 10.9 Å². The number of methoxy groups -OCH3 is 1. The van der Waals surface area contributed by atoms with Crippen molar-refractivity contribution in [3.8, 4) is 5.75 Å². The van der Waals surface area contributed by atoms with Crippen LogP contribution >= 0.6 is 24.0 Å². The number of nitrogens with one attached hydrogen (secondary N) is 1. The molecule has 1 aliphatic heterocycles. The first-order valence-corrected chi connectivity index (χ1v) is 8.85. The topological polar surface area (TPSA) is 46.1 Å². The molecule has 0 radical (unpaired) electrons. The Morgan fingerprint density at radius 2 is 2.20 bits per heavy atom. The maximum absolute atomic E-state index is 5.48. The molecule has 2 rings (SSSR count). The van der Waals surface area contributed by atoms with Crippen molar-refractivity contribution in [1.82, 2.24) is 10.2 Å². The van der Waals surface area contributed by atoms with Crippen LogP contribution in [0.3, 0.4) is 0 Å². The number of nitrogens with zero attached hydrogens (tertiary/aromatic N) is 2. The van der Waals surface area contributed by atoms with Gasteiger partial charge in [-0.05, 0) is 25.0 Å². The molecule has 1 saturated heterocycles. The Hall–Kier alpha value is -1.02. The standard InChI is InChI=1S/C19H31N3O2.HI/c1-5-20-19(22(3)13-16-10-11-24-14-16)21-12-15(2)17-8-6-7-9-18(17)23-4;/h6-9,15-16H,5,10-14H2,1-4H3,(H,20,21);1H. The van der Waals surface area contributed by atoms with Crippen LogP contribution < -0.4 is 10.1 Å². The van der Waals surface area contributed by atoms with E-state index in [1.807, 2.05) is 12.1 Å². The average molecular weight is 461 g/mol. The highest BCUT2D eigenvalue weighted by atomic mass is 127. The number of benzene rings is 1. The Morgan fingerprint density at radius 3 is 2.84 bits per heavy atom. The van der Waals surface area contributed by atoms with Gasteiger partial charge in [0.25, 0.3) is 0 Å². The molecule has 0 bridgehead atoms. The Balaban J connectivity index is 0.00000312. The fourth-order valence-electron chi connectivity index (χ4n) is 3.07. The third kappa shape index (κ3) is 6.66. The van der Waals surface area contributed by atoms with Crippen LogP contribution in [0.1, 0.15) is 31.7 Å². The average Bonchev–Trinajstić information content (AvgIpc) is 3.11. The summed E-state index contributed by atoms with van der Waals surface area (Å²) in [5, 5.41) is 3.40. The number of rotatable bonds is 7. The first kappa shape index (κ1) is 22.0. The van der Waals surface area contributed by atoms with Gasteiger partial charge in [0.15, 0.2) is 5.96 Å². The maximum Gasteiger partial charge on any atom is 0.193 e. The molecular weight excluding hydrogens is 429 g/mol. The molecular formula is C19H32IN3O2. The van der Waals surface area contributed by atoms with Gasteiger partial charge in [0.1, 0.15) is 5.75 Å². The summed E-state index contributed by atoms with van der Waals surface area (Å²) >= 11 is 0. The second-order valence-electron chi connectivity index (χ2n) is 6.45. The van der Waals surface area contributed by atoms with Gasteiger partial charge < -0.3 is 19.7 Å². The molecule has 2 atom stereocenters. The summed E-state index contributed by atoms with van der Waals surface area (Å²) in [6.45, 7) is 8.62. The molecule has 142 valence electrons. The third-order valence-corrected chi connectivity index (χ3v) is 4.44. The Kier molecular flexibility index (Phi) is 10.2. The van der Waals surface area contributed by atoms with E-state index in [1.165, 1.54) is 5.56 Å². The van der Waals surface area contributed by atoms with Gasteiger partial charge in [-0.15, -0.1) is 24.0 Å². The molecule has 1 aliphatic rings. The zero-order valence-electron chi connectivity index (χ0n) is 15.8. The van der Waals surface area contributed by atoms with E-state index in [9.17, 15) is 0 Å². The van der Waals surface area contributed by atoms with Crippen molar-refractivity contribution in [1.29, 1.82) is 0 Å². The van der Waals surface area contributed by atoms with Crippen molar-refractivity contribution >= 4 is 29.9 Å². The summed E-state index contributed by atoms with van der Waals surface area (Å²) in [4.78, 5) is 7.06. The van der Waals surface area contributed by atoms with Gasteiger partial charge in [0.05, 0.1) is 13.7 Å². The SMILES string of the molecule is CCNC(=NCC(C)c1ccccc1OC)N(C)CC1CCOC1.I. The molecule has 1 heterocycles. The molecule has 1 aromatic rings. The number of ether oxygens (including phenoxy) is 2. The van der Waals surface area contributed by atoms with Gasteiger partial charge in [0.2, 0.25) is 0 Å². The lowest BCUT2D eigenvalue weighted by Gasteiger charge is -2.25. The Morgan fingerprint density at radius 1 is 1.44 bits per heavy atom. The van der Waals surface area contributed by atoms with E-state index >= 15 is 0 Å². The van der Waals surface area contributed by atoms with Crippen molar-refractivity contribution in [2.45, 2.75) is 26.2 Å². The lowest BCUT2D eigenvalue weighted by atomic mass is 10.0. The predicted octanol–water partition coefficient (Wildman–Crippen LogP) is 3.35. The smallest absolute Gasteiger partial charge is 0.193 e. The lowest BCUT2D eigenvalue weighted by molar-refractivity contribution is 0.181. The van der Waals surface area contributed by atoms with Crippen LogP contribution in [-0.4, -0.2) is 57.9 Å². The van der Waals surface area contributed by atoms with Crippen LogP contribution in [0.2, 0.25) is 0 Å². The van der Waals surface area contributed by atoms with Gasteiger partial charge in [0, 0.05) is 45.1 Å². The molecule has 0 amide bonds. The minimum atomic E-state index is 0. The number of hydrogen-bond acceptors (Lipinski definition) is 3. The van der Waals surface area contributed by atoms with Crippen LogP contribution in [0.5, 0.6) is 5.75 Å². The van der Waals surface area contributed by atoms with Crippen LogP contribution in [0.15, 0.2) is 29.3 Å². The van der Waals surface area contributed by atoms with Gasteiger partial charge in [-0.1, -0.05) is 25.1 Å². The van der Waals surface area contributed by atoms with E-state index in [2.05, 4.69) is 43.2 Å². The second-order valence-corrected chi connectivity index (χ2v) is 6.45. The zero-order valence-corrected chi connectivity index (χ0v) is 18.2. The molecule has 2 unspecified atom stereocenters. The zero-order chi connectivity index (χ0) is 17.4. The maximum atomic E-state index is 5.48. The first-order valence-electron chi connectivity index (χ1n) is 8.85. The van der Waals surface area contributed by atoms with Gasteiger partial charge in [-0.2, -0.15) is 0 Å². The fraction of sp³-hybridized carbons (Fsp3) is 0.632. The Bertz CT molecular complexity index is 533. The molecule has 1 N–H and O–H groups in total.